The van der Waals surface area contributed by atoms with E-state index in [4.69, 9.17) is 0 Å². The fraction of sp³-hybridized carbons (Fsp3) is 0.333. The summed E-state index contributed by atoms with van der Waals surface area (Å²) in [6, 6.07) is 7.42. The third kappa shape index (κ3) is 2.91. The smallest absolute Gasteiger partial charge is 0.263 e. The van der Waals surface area contributed by atoms with Crippen LogP contribution in [0.5, 0.6) is 0 Å². The molecule has 1 aromatic heterocycles. The number of sulfonamides is 1. The minimum Gasteiger partial charge on any atom is -0.385 e. The van der Waals surface area contributed by atoms with E-state index < -0.39 is 10.0 Å². The van der Waals surface area contributed by atoms with Crippen molar-refractivity contribution in [1.29, 1.82) is 0 Å². The van der Waals surface area contributed by atoms with Crippen LogP contribution in [0.1, 0.15) is 21.7 Å². The average molecular weight is 322 g/mol. The van der Waals surface area contributed by atoms with Crippen molar-refractivity contribution in [3.05, 3.63) is 39.6 Å². The van der Waals surface area contributed by atoms with E-state index in [-0.39, 0.29) is 0 Å². The van der Waals surface area contributed by atoms with Gasteiger partial charge in [0.1, 0.15) is 4.90 Å². The Balaban J connectivity index is 1.90. The second-order valence-corrected chi connectivity index (χ2v) is 8.40. The Hall–Kier alpha value is -1.53. The Bertz CT molecular complexity index is 779. The van der Waals surface area contributed by atoms with Crippen molar-refractivity contribution in [3.8, 4) is 0 Å². The zero-order valence-electron chi connectivity index (χ0n) is 12.1. The lowest BCUT2D eigenvalue weighted by molar-refractivity contribution is 0.601. The Morgan fingerprint density at radius 2 is 2.05 bits per heavy atom. The van der Waals surface area contributed by atoms with Crippen molar-refractivity contribution < 1.29 is 8.42 Å². The van der Waals surface area contributed by atoms with Gasteiger partial charge in [-0.2, -0.15) is 0 Å². The topological polar surface area (TPSA) is 58.2 Å². The standard InChI is InChI=1S/C15H18N2O2S2/c1-10-8-15(11(2)20-10)21(18,19)17-13-6-5-12-4-3-7-16-14(12)9-13/h5-6,8-9,16-17H,3-4,7H2,1-2H3. The van der Waals surface area contributed by atoms with Gasteiger partial charge in [-0.15, -0.1) is 11.3 Å². The minimum absolute atomic E-state index is 0.371. The Kier molecular flexibility index (Phi) is 3.67. The maximum atomic E-state index is 12.5. The number of hydrogen-bond donors (Lipinski definition) is 2. The van der Waals surface area contributed by atoms with E-state index >= 15 is 0 Å². The largest absolute Gasteiger partial charge is 0.385 e. The fourth-order valence-electron chi connectivity index (χ4n) is 2.61. The number of rotatable bonds is 3. The van der Waals surface area contributed by atoms with E-state index in [2.05, 4.69) is 10.0 Å². The van der Waals surface area contributed by atoms with Crippen LogP contribution < -0.4 is 10.0 Å². The van der Waals surface area contributed by atoms with Crippen molar-refractivity contribution in [2.45, 2.75) is 31.6 Å². The van der Waals surface area contributed by atoms with Gasteiger partial charge in [-0.05, 0) is 50.5 Å². The van der Waals surface area contributed by atoms with Crippen LogP contribution in [0.3, 0.4) is 0 Å². The molecule has 1 aliphatic rings. The van der Waals surface area contributed by atoms with Crippen LogP contribution in [0.25, 0.3) is 0 Å². The molecule has 112 valence electrons. The predicted octanol–water partition coefficient (Wildman–Crippen LogP) is 3.52. The molecule has 0 fully saturated rings. The lowest BCUT2D eigenvalue weighted by Crippen LogP contribution is -2.15. The number of anilines is 2. The molecule has 2 N–H and O–H groups in total. The fourth-order valence-corrected chi connectivity index (χ4v) is 5.21. The van der Waals surface area contributed by atoms with Gasteiger partial charge in [0.2, 0.25) is 0 Å². The molecule has 0 saturated carbocycles. The van der Waals surface area contributed by atoms with E-state index in [1.165, 1.54) is 16.9 Å². The van der Waals surface area contributed by atoms with E-state index in [1.54, 1.807) is 6.07 Å². The van der Waals surface area contributed by atoms with Crippen molar-refractivity contribution in [2.24, 2.45) is 0 Å². The monoisotopic (exact) mass is 322 g/mol. The van der Waals surface area contributed by atoms with Crippen molar-refractivity contribution in [2.75, 3.05) is 16.6 Å². The molecule has 0 saturated heterocycles. The van der Waals surface area contributed by atoms with Crippen molar-refractivity contribution >= 4 is 32.7 Å². The highest BCUT2D eigenvalue weighted by molar-refractivity contribution is 7.93. The van der Waals surface area contributed by atoms with E-state index in [0.29, 0.717) is 10.6 Å². The summed E-state index contributed by atoms with van der Waals surface area (Å²) in [5.41, 5.74) is 2.87. The molecule has 2 aromatic rings. The van der Waals surface area contributed by atoms with Gasteiger partial charge in [0, 0.05) is 22.0 Å². The molecule has 0 radical (unpaired) electrons. The van der Waals surface area contributed by atoms with Gasteiger partial charge in [0.05, 0.1) is 5.69 Å². The molecule has 0 amide bonds. The van der Waals surface area contributed by atoms with E-state index in [1.807, 2.05) is 32.0 Å². The number of aryl methyl sites for hydroxylation is 3. The average Bonchev–Trinajstić information content (AvgIpc) is 2.78. The van der Waals surface area contributed by atoms with Gasteiger partial charge in [-0.25, -0.2) is 8.42 Å². The molecular weight excluding hydrogens is 304 g/mol. The molecule has 0 bridgehead atoms. The summed E-state index contributed by atoms with van der Waals surface area (Å²) in [5.74, 6) is 0. The van der Waals surface area contributed by atoms with Gasteiger partial charge in [-0.1, -0.05) is 6.07 Å². The quantitative estimate of drug-likeness (QED) is 0.909. The Morgan fingerprint density at radius 3 is 2.76 bits per heavy atom. The second-order valence-electron chi connectivity index (χ2n) is 5.29. The first-order valence-electron chi connectivity index (χ1n) is 6.92. The molecule has 0 atom stereocenters. The van der Waals surface area contributed by atoms with E-state index in [9.17, 15) is 8.42 Å². The summed E-state index contributed by atoms with van der Waals surface area (Å²) < 4.78 is 27.6. The molecule has 21 heavy (non-hydrogen) atoms. The van der Waals surface area contributed by atoms with Crippen molar-refractivity contribution in [3.63, 3.8) is 0 Å². The molecule has 2 heterocycles. The van der Waals surface area contributed by atoms with Gasteiger partial charge < -0.3 is 5.32 Å². The highest BCUT2D eigenvalue weighted by Crippen LogP contribution is 2.29. The highest BCUT2D eigenvalue weighted by atomic mass is 32.2. The highest BCUT2D eigenvalue weighted by Gasteiger charge is 2.20. The lowest BCUT2D eigenvalue weighted by atomic mass is 10.0. The van der Waals surface area contributed by atoms with Crippen LogP contribution in [-0.4, -0.2) is 15.0 Å². The molecule has 0 spiro atoms. The van der Waals surface area contributed by atoms with Crippen molar-refractivity contribution in [1.82, 2.24) is 0 Å². The molecule has 1 aromatic carbocycles. The minimum atomic E-state index is -3.52. The summed E-state index contributed by atoms with van der Waals surface area (Å²) in [6.07, 6.45) is 2.16. The molecule has 6 heteroatoms. The van der Waals surface area contributed by atoms with Crippen LogP contribution >= 0.6 is 11.3 Å². The summed E-state index contributed by atoms with van der Waals surface area (Å²) in [5, 5.41) is 3.31. The summed E-state index contributed by atoms with van der Waals surface area (Å²) in [6.45, 7) is 4.69. The normalized spacial score (nSPS) is 14.4. The SMILES string of the molecule is Cc1cc(S(=O)(=O)Nc2ccc3c(c2)NCCC3)c(C)s1. The number of fused-ring (bicyclic) bond motifs is 1. The van der Waals surface area contributed by atoms with Gasteiger partial charge in [0.15, 0.2) is 0 Å². The first kappa shape index (κ1) is 14.4. The Labute approximate surface area is 129 Å². The predicted molar refractivity (Wildman–Crippen MR) is 87.9 cm³/mol. The summed E-state index contributed by atoms with van der Waals surface area (Å²) in [7, 11) is -3.52. The lowest BCUT2D eigenvalue weighted by Gasteiger charge is -2.19. The third-order valence-electron chi connectivity index (χ3n) is 3.59. The molecule has 4 nitrogen and oxygen atoms in total. The molecule has 3 rings (SSSR count). The van der Waals surface area contributed by atoms with Gasteiger partial charge in [0.25, 0.3) is 10.0 Å². The second kappa shape index (κ2) is 5.35. The van der Waals surface area contributed by atoms with Crippen LogP contribution in [0, 0.1) is 13.8 Å². The Morgan fingerprint density at radius 1 is 1.24 bits per heavy atom. The molecule has 0 aliphatic carbocycles. The first-order valence-corrected chi connectivity index (χ1v) is 9.22. The molecular formula is C15H18N2O2S2. The zero-order chi connectivity index (χ0) is 15.0. The van der Waals surface area contributed by atoms with Crippen LogP contribution in [0.2, 0.25) is 0 Å². The molecule has 0 unspecified atom stereocenters. The third-order valence-corrected chi connectivity index (χ3v) is 6.19. The number of nitrogens with one attached hydrogen (secondary N) is 2. The van der Waals surface area contributed by atoms with Crippen LogP contribution in [-0.2, 0) is 16.4 Å². The molecule has 1 aliphatic heterocycles. The number of benzene rings is 1. The zero-order valence-corrected chi connectivity index (χ0v) is 13.7. The summed E-state index contributed by atoms with van der Waals surface area (Å²) >= 11 is 1.50. The number of hydrogen-bond acceptors (Lipinski definition) is 4. The van der Waals surface area contributed by atoms with Crippen LogP contribution in [0.4, 0.5) is 11.4 Å². The summed E-state index contributed by atoms with van der Waals surface area (Å²) in [4.78, 5) is 2.19. The van der Waals surface area contributed by atoms with Gasteiger partial charge in [-0.3, -0.25) is 4.72 Å². The maximum absolute atomic E-state index is 12.5. The first-order chi connectivity index (χ1) is 9.95. The van der Waals surface area contributed by atoms with E-state index in [0.717, 1.165) is 34.8 Å². The van der Waals surface area contributed by atoms with Crippen LogP contribution in [0.15, 0.2) is 29.2 Å². The number of thiophene rings is 1. The maximum Gasteiger partial charge on any atom is 0.263 e. The van der Waals surface area contributed by atoms with Gasteiger partial charge >= 0.3 is 0 Å².